The molecule has 0 aliphatic heterocycles. The molecule has 0 saturated heterocycles. The van der Waals surface area contributed by atoms with E-state index in [0.29, 0.717) is 12.4 Å². The van der Waals surface area contributed by atoms with Gasteiger partial charge in [0.15, 0.2) is 11.5 Å². The van der Waals surface area contributed by atoms with Crippen molar-refractivity contribution in [3.05, 3.63) is 23.8 Å². The van der Waals surface area contributed by atoms with Gasteiger partial charge in [0.25, 0.3) is 0 Å². The average molecular weight is 166 g/mol. The van der Waals surface area contributed by atoms with Crippen LogP contribution in [0, 0.1) is 0 Å². The van der Waals surface area contributed by atoms with E-state index in [9.17, 15) is 5.11 Å². The van der Waals surface area contributed by atoms with Gasteiger partial charge in [0.05, 0.1) is 6.61 Å². The summed E-state index contributed by atoms with van der Waals surface area (Å²) >= 11 is 0. The van der Waals surface area contributed by atoms with Crippen molar-refractivity contribution in [2.75, 3.05) is 6.61 Å². The number of ether oxygens (including phenoxy) is 1. The van der Waals surface area contributed by atoms with E-state index in [1.54, 1.807) is 6.07 Å². The monoisotopic (exact) mass is 166 g/mol. The predicted molar refractivity (Wildman–Crippen MR) is 48.7 cm³/mol. The second kappa shape index (κ2) is 4.00. The molecule has 1 N–H and O–H groups in total. The lowest BCUT2D eigenvalue weighted by molar-refractivity contribution is 0.318. The van der Waals surface area contributed by atoms with Gasteiger partial charge in [-0.3, -0.25) is 0 Å². The molecule has 12 heavy (non-hydrogen) atoms. The number of phenols is 1. The van der Waals surface area contributed by atoms with Gasteiger partial charge in [0, 0.05) is 0 Å². The van der Waals surface area contributed by atoms with Gasteiger partial charge >= 0.3 is 0 Å². The minimum absolute atomic E-state index is 0.217. The second-order valence-electron chi connectivity index (χ2n) is 2.59. The van der Waals surface area contributed by atoms with Crippen LogP contribution in [0.1, 0.15) is 19.4 Å². The molecule has 0 aromatic heterocycles. The molecule has 2 nitrogen and oxygen atoms in total. The first kappa shape index (κ1) is 8.91. The van der Waals surface area contributed by atoms with E-state index in [1.165, 1.54) is 5.56 Å². The van der Waals surface area contributed by atoms with Crippen molar-refractivity contribution in [2.45, 2.75) is 20.3 Å². The summed E-state index contributed by atoms with van der Waals surface area (Å²) in [4.78, 5) is 0. The summed E-state index contributed by atoms with van der Waals surface area (Å²) < 4.78 is 5.23. The van der Waals surface area contributed by atoms with Crippen molar-refractivity contribution in [3.63, 3.8) is 0 Å². The minimum atomic E-state index is 0.217. The van der Waals surface area contributed by atoms with Crippen molar-refractivity contribution in [2.24, 2.45) is 0 Å². The third kappa shape index (κ3) is 1.91. The summed E-state index contributed by atoms with van der Waals surface area (Å²) in [5, 5.41) is 9.34. The van der Waals surface area contributed by atoms with Crippen LogP contribution in [0.5, 0.6) is 11.5 Å². The molecule has 0 atom stereocenters. The Morgan fingerprint density at radius 3 is 2.67 bits per heavy atom. The SMILES string of the molecule is CCOc1cc(CC)ccc1O. The summed E-state index contributed by atoms with van der Waals surface area (Å²) in [5.74, 6) is 0.797. The third-order valence-electron chi connectivity index (χ3n) is 1.73. The van der Waals surface area contributed by atoms with Crippen molar-refractivity contribution in [1.82, 2.24) is 0 Å². The summed E-state index contributed by atoms with van der Waals surface area (Å²) in [6.45, 7) is 4.56. The molecule has 0 heterocycles. The maximum absolute atomic E-state index is 9.34. The smallest absolute Gasteiger partial charge is 0.161 e. The molecule has 0 aliphatic rings. The highest BCUT2D eigenvalue weighted by atomic mass is 16.5. The topological polar surface area (TPSA) is 29.5 Å². The van der Waals surface area contributed by atoms with Crippen LogP contribution in [0.3, 0.4) is 0 Å². The standard InChI is InChI=1S/C10H14O2/c1-3-8-5-6-9(11)10(7-8)12-4-2/h5-7,11H,3-4H2,1-2H3. The number of rotatable bonds is 3. The van der Waals surface area contributed by atoms with Gasteiger partial charge in [-0.2, -0.15) is 0 Å². The Bertz CT molecular complexity index is 256. The third-order valence-corrected chi connectivity index (χ3v) is 1.73. The van der Waals surface area contributed by atoms with Crippen LogP contribution in [0.2, 0.25) is 0 Å². The average Bonchev–Trinajstić information content (AvgIpc) is 2.09. The van der Waals surface area contributed by atoms with Crippen LogP contribution in [-0.2, 0) is 6.42 Å². The summed E-state index contributed by atoms with van der Waals surface area (Å²) in [7, 11) is 0. The lowest BCUT2D eigenvalue weighted by Gasteiger charge is -2.06. The number of phenolic OH excluding ortho intramolecular Hbond substituents is 1. The minimum Gasteiger partial charge on any atom is -0.504 e. The fourth-order valence-corrected chi connectivity index (χ4v) is 1.05. The normalized spacial score (nSPS) is 9.83. The molecule has 0 spiro atoms. The summed E-state index contributed by atoms with van der Waals surface area (Å²) in [6, 6.07) is 5.44. The van der Waals surface area contributed by atoms with Gasteiger partial charge in [0.2, 0.25) is 0 Å². The first-order chi connectivity index (χ1) is 5.77. The van der Waals surface area contributed by atoms with E-state index in [0.717, 1.165) is 6.42 Å². The van der Waals surface area contributed by atoms with Crippen LogP contribution in [0.4, 0.5) is 0 Å². The van der Waals surface area contributed by atoms with Gasteiger partial charge in [0.1, 0.15) is 0 Å². The maximum Gasteiger partial charge on any atom is 0.161 e. The highest BCUT2D eigenvalue weighted by molar-refractivity contribution is 5.41. The number of benzene rings is 1. The largest absolute Gasteiger partial charge is 0.504 e. The molecular formula is C10H14O2. The maximum atomic E-state index is 9.34. The molecule has 0 bridgehead atoms. The molecule has 66 valence electrons. The van der Waals surface area contributed by atoms with E-state index in [4.69, 9.17) is 4.74 Å². The second-order valence-corrected chi connectivity index (χ2v) is 2.59. The molecule has 2 heteroatoms. The Morgan fingerprint density at radius 2 is 2.08 bits per heavy atom. The highest BCUT2D eigenvalue weighted by Gasteiger charge is 2.01. The molecular weight excluding hydrogens is 152 g/mol. The van der Waals surface area contributed by atoms with Crippen LogP contribution < -0.4 is 4.74 Å². The van der Waals surface area contributed by atoms with Gasteiger partial charge in [-0.25, -0.2) is 0 Å². The zero-order chi connectivity index (χ0) is 8.97. The van der Waals surface area contributed by atoms with E-state index >= 15 is 0 Å². The molecule has 0 radical (unpaired) electrons. The zero-order valence-corrected chi connectivity index (χ0v) is 7.50. The summed E-state index contributed by atoms with van der Waals surface area (Å²) in [6.07, 6.45) is 0.959. The van der Waals surface area contributed by atoms with Crippen LogP contribution in [0.15, 0.2) is 18.2 Å². The molecule has 0 aliphatic carbocycles. The first-order valence-electron chi connectivity index (χ1n) is 4.22. The first-order valence-corrected chi connectivity index (χ1v) is 4.22. The molecule has 0 amide bonds. The molecule has 1 aromatic carbocycles. The highest BCUT2D eigenvalue weighted by Crippen LogP contribution is 2.26. The number of hydrogen-bond acceptors (Lipinski definition) is 2. The van der Waals surface area contributed by atoms with E-state index in [2.05, 4.69) is 6.92 Å². The Hall–Kier alpha value is -1.18. The lowest BCUT2D eigenvalue weighted by atomic mass is 10.1. The van der Waals surface area contributed by atoms with Gasteiger partial charge in [-0.15, -0.1) is 0 Å². The quantitative estimate of drug-likeness (QED) is 0.746. The van der Waals surface area contributed by atoms with Crippen molar-refractivity contribution >= 4 is 0 Å². The van der Waals surface area contributed by atoms with Crippen LogP contribution in [0.25, 0.3) is 0 Å². The molecule has 0 unspecified atom stereocenters. The number of hydrogen-bond donors (Lipinski definition) is 1. The van der Waals surface area contributed by atoms with E-state index < -0.39 is 0 Å². The molecule has 0 fully saturated rings. The summed E-state index contributed by atoms with van der Waals surface area (Å²) in [5.41, 5.74) is 1.18. The van der Waals surface area contributed by atoms with Crippen molar-refractivity contribution < 1.29 is 9.84 Å². The molecule has 1 aromatic rings. The predicted octanol–water partition coefficient (Wildman–Crippen LogP) is 2.35. The number of aromatic hydroxyl groups is 1. The number of aryl methyl sites for hydroxylation is 1. The lowest BCUT2D eigenvalue weighted by Crippen LogP contribution is -1.92. The fraction of sp³-hybridized carbons (Fsp3) is 0.400. The van der Waals surface area contributed by atoms with Crippen molar-refractivity contribution in [3.8, 4) is 11.5 Å². The van der Waals surface area contributed by atoms with Crippen LogP contribution >= 0.6 is 0 Å². The molecule has 1 rings (SSSR count). The Balaban J connectivity index is 2.91. The van der Waals surface area contributed by atoms with Gasteiger partial charge in [-0.1, -0.05) is 13.0 Å². The van der Waals surface area contributed by atoms with Crippen LogP contribution in [-0.4, -0.2) is 11.7 Å². The van der Waals surface area contributed by atoms with E-state index in [1.807, 2.05) is 19.1 Å². The van der Waals surface area contributed by atoms with E-state index in [-0.39, 0.29) is 5.75 Å². The Morgan fingerprint density at radius 1 is 1.33 bits per heavy atom. The van der Waals surface area contributed by atoms with Crippen molar-refractivity contribution in [1.29, 1.82) is 0 Å². The van der Waals surface area contributed by atoms with Gasteiger partial charge in [-0.05, 0) is 31.0 Å². The molecule has 0 saturated carbocycles. The zero-order valence-electron chi connectivity index (χ0n) is 7.50. The fourth-order valence-electron chi connectivity index (χ4n) is 1.05. The Kier molecular flexibility index (Phi) is 2.97. The van der Waals surface area contributed by atoms with Gasteiger partial charge < -0.3 is 9.84 Å². The Labute approximate surface area is 72.8 Å².